The van der Waals surface area contributed by atoms with Crippen molar-refractivity contribution in [3.8, 4) is 0 Å². The zero-order valence-electron chi connectivity index (χ0n) is 25.8. The quantitative estimate of drug-likeness (QED) is 0.150. The average Bonchev–Trinajstić information content (AvgIpc) is 3.32. The van der Waals surface area contributed by atoms with Crippen LogP contribution in [0.5, 0.6) is 0 Å². The van der Waals surface area contributed by atoms with Gasteiger partial charge in [0.05, 0.1) is 24.1 Å². The molecule has 1 aliphatic rings. The Morgan fingerprint density at radius 3 is 2.29 bits per heavy atom. The van der Waals surface area contributed by atoms with Gasteiger partial charge in [-0.2, -0.15) is 0 Å². The van der Waals surface area contributed by atoms with Gasteiger partial charge in [0.2, 0.25) is 0 Å². The Bertz CT molecular complexity index is 1530. The van der Waals surface area contributed by atoms with Crippen molar-refractivity contribution in [1.82, 2.24) is 4.48 Å². The highest BCUT2D eigenvalue weighted by molar-refractivity contribution is 6.48. The van der Waals surface area contributed by atoms with Gasteiger partial charge in [-0.15, -0.1) is 0 Å². The van der Waals surface area contributed by atoms with E-state index in [1.807, 2.05) is 33.8 Å². The summed E-state index contributed by atoms with van der Waals surface area (Å²) >= 11 is 0. The van der Waals surface area contributed by atoms with E-state index in [2.05, 4.69) is 32.9 Å². The van der Waals surface area contributed by atoms with Gasteiger partial charge in [0, 0.05) is 28.2 Å². The van der Waals surface area contributed by atoms with Crippen LogP contribution >= 0.6 is 0 Å². The number of halogens is 2. The summed E-state index contributed by atoms with van der Waals surface area (Å²) < 4.78 is 37.9. The van der Waals surface area contributed by atoms with Gasteiger partial charge >= 0.3 is 13.1 Å². The fraction of sp³-hybridized carbons (Fsp3) is 0.412. The second-order valence-electron chi connectivity index (χ2n) is 11.4. The number of hydrogen-bond donors (Lipinski definition) is 0. The van der Waals surface area contributed by atoms with Crippen LogP contribution in [0.1, 0.15) is 94.7 Å². The number of rotatable bonds is 9. The minimum Gasteiger partial charge on any atom is -0.462 e. The highest BCUT2D eigenvalue weighted by atomic mass is 19.1. The van der Waals surface area contributed by atoms with Crippen LogP contribution in [0.2, 0.25) is 6.82 Å². The largest absolute Gasteiger partial charge is 0.462 e. The van der Waals surface area contributed by atoms with Crippen LogP contribution in [0.3, 0.4) is 0 Å². The molecule has 2 atom stereocenters. The molecule has 41 heavy (non-hydrogen) atoms. The third-order valence-electron chi connectivity index (χ3n) is 8.37. The fourth-order valence-electron chi connectivity index (χ4n) is 6.73. The summed E-state index contributed by atoms with van der Waals surface area (Å²) in [6, 6.07) is 10.6. The molecule has 3 aromatic rings. The molecule has 0 aliphatic carbocycles. The average molecular weight is 559 g/mol. The second kappa shape index (κ2) is 12.2. The smallest absolute Gasteiger partial charge is 0.461 e. The van der Waals surface area contributed by atoms with Gasteiger partial charge in [-0.1, -0.05) is 49.2 Å². The minimum absolute atomic E-state index is 0.304. The van der Waals surface area contributed by atoms with Crippen LogP contribution in [0.4, 0.5) is 8.71 Å². The van der Waals surface area contributed by atoms with E-state index < -0.39 is 25.1 Å². The molecule has 2 aromatic carbocycles. The number of ether oxygens (including phenoxy) is 1. The van der Waals surface area contributed by atoms with E-state index in [9.17, 15) is 4.79 Å². The summed E-state index contributed by atoms with van der Waals surface area (Å²) in [4.78, 5) is 18.5. The molecule has 4 nitrogen and oxygen atoms in total. The zero-order chi connectivity index (χ0) is 30.2. The molecule has 0 N–H and O–H groups in total. The van der Waals surface area contributed by atoms with E-state index in [4.69, 9.17) is 9.73 Å². The lowest BCUT2D eigenvalue weighted by molar-refractivity contribution is 0.0498. The molecule has 0 radical (unpaired) electrons. The van der Waals surface area contributed by atoms with Crippen LogP contribution in [0.15, 0.2) is 47.0 Å². The van der Waals surface area contributed by atoms with Gasteiger partial charge in [0.15, 0.2) is 0 Å². The first-order chi connectivity index (χ1) is 19.4. The molecule has 1 aliphatic heterocycles. The summed E-state index contributed by atoms with van der Waals surface area (Å²) in [5.41, 5.74) is 9.59. The molecule has 4 rings (SSSR count). The molecule has 0 spiro atoms. The molecule has 0 amide bonds. The van der Waals surface area contributed by atoms with Crippen LogP contribution < -0.4 is 0 Å². The van der Waals surface area contributed by atoms with Crippen molar-refractivity contribution < 1.29 is 18.2 Å². The van der Waals surface area contributed by atoms with Crippen molar-refractivity contribution in [2.75, 3.05) is 6.61 Å². The minimum atomic E-state index is -1.39. The summed E-state index contributed by atoms with van der Waals surface area (Å²) in [5.74, 6) is -1.15. The Morgan fingerprint density at radius 1 is 1.07 bits per heavy atom. The predicted molar refractivity (Wildman–Crippen MR) is 166 cm³/mol. The van der Waals surface area contributed by atoms with Crippen LogP contribution in [-0.4, -0.2) is 35.9 Å². The Hall–Kier alpha value is -3.48. The Kier molecular flexibility index (Phi) is 9.05. The molecule has 0 saturated carbocycles. The normalized spacial score (nSPS) is 15.8. The third kappa shape index (κ3) is 5.56. The topological polar surface area (TPSA) is 43.6 Å². The maximum atomic E-state index is 15.6. The molecular formula is C34H41BF2N2O2. The van der Waals surface area contributed by atoms with E-state index in [-0.39, 0.29) is 5.82 Å². The first-order valence-corrected chi connectivity index (χ1v) is 14.5. The second-order valence-corrected chi connectivity index (χ2v) is 11.4. The number of esters is 1. The Morgan fingerprint density at radius 2 is 1.71 bits per heavy atom. The Balaban J connectivity index is 2.03. The maximum absolute atomic E-state index is 15.6. The van der Waals surface area contributed by atoms with E-state index in [1.165, 1.54) is 12.9 Å². The molecule has 1 aromatic heterocycles. The van der Waals surface area contributed by atoms with Crippen molar-refractivity contribution in [3.63, 3.8) is 0 Å². The maximum Gasteiger partial charge on any atom is 0.461 e. The number of carbonyl (C=O) groups excluding carboxylic acids is 1. The lowest BCUT2D eigenvalue weighted by Crippen LogP contribution is -2.28. The van der Waals surface area contributed by atoms with Gasteiger partial charge in [-0.3, -0.25) is 4.99 Å². The summed E-state index contributed by atoms with van der Waals surface area (Å²) in [6.45, 7) is 17.6. The standard InChI is InChI=1S/C34H41BF2N2O2/c1-10-11-16-41-34(40)30-23(6)33(39(25(30)8)35(9)37)31(28-20(3)17-19(2)18-21(28)4)32-22(5)29(24(7)38-32)26-14-12-13-15-27(26)36/h12-15,17-18,31-32H,10-11,16H2,1-9H3. The lowest BCUT2D eigenvalue weighted by atomic mass is 9.77. The number of nitrogens with zero attached hydrogens (tertiary/aromatic N) is 2. The van der Waals surface area contributed by atoms with Gasteiger partial charge < -0.3 is 13.5 Å². The fourth-order valence-corrected chi connectivity index (χ4v) is 6.73. The number of aliphatic imine (C=N–C) groups is 1. The number of benzene rings is 2. The molecule has 0 saturated heterocycles. The molecule has 0 fully saturated rings. The molecule has 7 heteroatoms. The zero-order valence-corrected chi connectivity index (χ0v) is 25.8. The monoisotopic (exact) mass is 558 g/mol. The van der Waals surface area contributed by atoms with Crippen LogP contribution in [0, 0.1) is 40.4 Å². The van der Waals surface area contributed by atoms with Crippen molar-refractivity contribution in [2.45, 2.75) is 87.0 Å². The van der Waals surface area contributed by atoms with Crippen LogP contribution in [0.25, 0.3) is 5.57 Å². The van der Waals surface area contributed by atoms with E-state index in [1.54, 1.807) is 23.5 Å². The summed E-state index contributed by atoms with van der Waals surface area (Å²) in [6.07, 6.45) is 1.67. The number of carbonyl (C=O) groups is 1. The molecule has 2 unspecified atom stereocenters. The van der Waals surface area contributed by atoms with E-state index >= 15 is 8.71 Å². The first-order valence-electron chi connectivity index (χ1n) is 14.5. The molecule has 0 bridgehead atoms. The van der Waals surface area contributed by atoms with Gasteiger partial charge in [-0.05, 0) is 95.6 Å². The predicted octanol–water partition coefficient (Wildman–Crippen LogP) is 8.51. The van der Waals surface area contributed by atoms with Crippen molar-refractivity contribution in [1.29, 1.82) is 0 Å². The van der Waals surface area contributed by atoms with Crippen molar-refractivity contribution in [3.05, 3.63) is 98.1 Å². The number of allylic oxidation sites excluding steroid dienone is 1. The highest BCUT2D eigenvalue weighted by Gasteiger charge is 2.40. The highest BCUT2D eigenvalue weighted by Crippen LogP contribution is 2.45. The molecular weight excluding hydrogens is 517 g/mol. The number of hydrogen-bond acceptors (Lipinski definition) is 3. The summed E-state index contributed by atoms with van der Waals surface area (Å²) in [5, 5.41) is 0. The van der Waals surface area contributed by atoms with E-state index in [0.29, 0.717) is 34.7 Å². The van der Waals surface area contributed by atoms with Gasteiger partial charge in [-0.25, -0.2) is 9.18 Å². The van der Waals surface area contributed by atoms with Crippen molar-refractivity contribution in [2.24, 2.45) is 4.99 Å². The SMILES string of the molecule is CCCCOC(=O)c1c(C)c(C(c2c(C)cc(C)cc2C)C2N=C(C)C(c3ccccc3F)=C2C)n(B(C)F)c1C. The number of aryl methyl sites for hydroxylation is 3. The number of unbranched alkanes of at least 4 members (excludes halogenated alkanes) is 1. The molecule has 2 heterocycles. The summed E-state index contributed by atoms with van der Waals surface area (Å²) in [7, 11) is -1.39. The lowest BCUT2D eigenvalue weighted by Gasteiger charge is -2.30. The van der Waals surface area contributed by atoms with Crippen LogP contribution in [-0.2, 0) is 4.74 Å². The first kappa shape index (κ1) is 30.5. The van der Waals surface area contributed by atoms with Gasteiger partial charge in [0.1, 0.15) is 5.82 Å². The molecule has 216 valence electrons. The third-order valence-corrected chi connectivity index (χ3v) is 8.37. The van der Waals surface area contributed by atoms with Crippen molar-refractivity contribution >= 4 is 24.4 Å². The Labute approximate surface area is 243 Å². The van der Waals surface area contributed by atoms with E-state index in [0.717, 1.165) is 52.0 Å². The van der Waals surface area contributed by atoms with Gasteiger partial charge in [0.25, 0.3) is 0 Å². The number of aromatic nitrogens is 1.